The molecular weight excluding hydrogens is 236 g/mol. The maximum absolute atomic E-state index is 12.3. The molecule has 2 heterocycles. The molecule has 0 radical (unpaired) electrons. The second kappa shape index (κ2) is 5.18. The molecule has 2 rings (SSSR count). The third-order valence-corrected chi connectivity index (χ3v) is 3.13. The van der Waals surface area contributed by atoms with Crippen molar-refractivity contribution in [1.82, 2.24) is 20.2 Å². The average molecular weight is 252 g/mol. The molecule has 3 N–H and O–H groups in total. The van der Waals surface area contributed by atoms with Crippen LogP contribution >= 0.6 is 0 Å². The predicted molar refractivity (Wildman–Crippen MR) is 65.7 cm³/mol. The van der Waals surface area contributed by atoms with E-state index in [0.717, 1.165) is 19.5 Å². The fourth-order valence-corrected chi connectivity index (χ4v) is 2.20. The third kappa shape index (κ3) is 2.35. The number of rotatable bonds is 3. The van der Waals surface area contributed by atoms with Crippen LogP contribution in [0.2, 0.25) is 0 Å². The highest BCUT2D eigenvalue weighted by Crippen LogP contribution is 2.10. The van der Waals surface area contributed by atoms with Gasteiger partial charge in [-0.05, 0) is 19.9 Å². The molecule has 1 atom stereocenters. The lowest BCUT2D eigenvalue weighted by Crippen LogP contribution is -2.44. The lowest BCUT2D eigenvalue weighted by atomic mass is 10.2. The first-order valence-corrected chi connectivity index (χ1v) is 5.97. The van der Waals surface area contributed by atoms with Crippen LogP contribution in [0, 0.1) is 0 Å². The lowest BCUT2D eigenvalue weighted by molar-refractivity contribution is 0.0701. The molecule has 0 aromatic carbocycles. The minimum absolute atomic E-state index is 0.0247. The van der Waals surface area contributed by atoms with Crippen LogP contribution in [0.5, 0.6) is 0 Å². The van der Waals surface area contributed by atoms with Crippen LogP contribution in [-0.2, 0) is 0 Å². The molecular formula is C11H16N4O3. The van der Waals surface area contributed by atoms with Gasteiger partial charge in [-0.15, -0.1) is 0 Å². The number of nitrogens with zero attached hydrogens (tertiary/aromatic N) is 1. The number of likely N-dealkylation sites (N-methyl/N-ethyl adjacent to an activating group) is 1. The van der Waals surface area contributed by atoms with Gasteiger partial charge >= 0.3 is 5.69 Å². The molecule has 7 nitrogen and oxygen atoms in total. The van der Waals surface area contributed by atoms with Crippen molar-refractivity contribution in [3.63, 3.8) is 0 Å². The molecule has 0 saturated carbocycles. The fraction of sp³-hybridized carbons (Fsp3) is 0.545. The summed E-state index contributed by atoms with van der Waals surface area (Å²) < 4.78 is 0. The van der Waals surface area contributed by atoms with Crippen LogP contribution in [0.3, 0.4) is 0 Å². The Balaban J connectivity index is 2.28. The van der Waals surface area contributed by atoms with E-state index in [0.29, 0.717) is 6.54 Å². The molecule has 1 aliphatic rings. The lowest BCUT2D eigenvalue weighted by Gasteiger charge is -2.26. The highest BCUT2D eigenvalue weighted by Gasteiger charge is 2.27. The summed E-state index contributed by atoms with van der Waals surface area (Å²) in [7, 11) is 0. The highest BCUT2D eigenvalue weighted by atomic mass is 16.2. The number of carbonyl (C=O) groups is 1. The number of amides is 1. The SMILES string of the molecule is CCN(C(=O)c1c[nH]c(=O)[nH]c1=O)C1CCNC1. The van der Waals surface area contributed by atoms with Gasteiger partial charge in [-0.25, -0.2) is 4.79 Å². The predicted octanol–water partition coefficient (Wildman–Crippen LogP) is -1.11. The van der Waals surface area contributed by atoms with Crippen LogP contribution in [0.4, 0.5) is 0 Å². The Hall–Kier alpha value is -1.89. The van der Waals surface area contributed by atoms with Crippen LogP contribution in [0.1, 0.15) is 23.7 Å². The van der Waals surface area contributed by atoms with E-state index >= 15 is 0 Å². The van der Waals surface area contributed by atoms with E-state index in [-0.39, 0.29) is 17.5 Å². The monoisotopic (exact) mass is 252 g/mol. The van der Waals surface area contributed by atoms with E-state index in [1.54, 1.807) is 4.90 Å². The van der Waals surface area contributed by atoms with E-state index in [1.807, 2.05) is 6.92 Å². The molecule has 1 aromatic rings. The first-order chi connectivity index (χ1) is 8.63. The summed E-state index contributed by atoms with van der Waals surface area (Å²) in [5, 5.41) is 3.18. The van der Waals surface area contributed by atoms with Crippen molar-refractivity contribution in [3.05, 3.63) is 32.6 Å². The molecule has 1 unspecified atom stereocenters. The minimum atomic E-state index is -0.645. The van der Waals surface area contributed by atoms with Gasteiger partial charge in [0.2, 0.25) is 0 Å². The zero-order valence-corrected chi connectivity index (χ0v) is 10.2. The largest absolute Gasteiger partial charge is 0.334 e. The Labute approximate surface area is 103 Å². The Morgan fingerprint density at radius 2 is 2.28 bits per heavy atom. The highest BCUT2D eigenvalue weighted by molar-refractivity contribution is 5.93. The second-order valence-electron chi connectivity index (χ2n) is 4.22. The van der Waals surface area contributed by atoms with Crippen molar-refractivity contribution in [2.45, 2.75) is 19.4 Å². The number of hydrogen-bond acceptors (Lipinski definition) is 4. The summed E-state index contributed by atoms with van der Waals surface area (Å²) in [4.78, 5) is 40.8. The number of nitrogens with one attached hydrogen (secondary N) is 3. The number of aromatic nitrogens is 2. The van der Waals surface area contributed by atoms with Crippen molar-refractivity contribution >= 4 is 5.91 Å². The van der Waals surface area contributed by atoms with E-state index in [4.69, 9.17) is 0 Å². The molecule has 1 amide bonds. The van der Waals surface area contributed by atoms with E-state index < -0.39 is 11.2 Å². The number of hydrogen-bond donors (Lipinski definition) is 3. The molecule has 0 spiro atoms. The van der Waals surface area contributed by atoms with Gasteiger partial charge in [-0.2, -0.15) is 0 Å². The average Bonchev–Trinajstić information content (AvgIpc) is 2.83. The summed E-state index contributed by atoms with van der Waals surface area (Å²) in [6.45, 7) is 4.01. The van der Waals surface area contributed by atoms with Crippen LogP contribution < -0.4 is 16.6 Å². The van der Waals surface area contributed by atoms with Crippen LogP contribution in [0.15, 0.2) is 15.8 Å². The molecule has 0 aliphatic carbocycles. The molecule has 0 bridgehead atoms. The third-order valence-electron chi connectivity index (χ3n) is 3.13. The Morgan fingerprint density at radius 3 is 2.83 bits per heavy atom. The van der Waals surface area contributed by atoms with Crippen LogP contribution in [0.25, 0.3) is 0 Å². The van der Waals surface area contributed by atoms with Gasteiger partial charge in [-0.3, -0.25) is 14.6 Å². The molecule has 1 aliphatic heterocycles. The van der Waals surface area contributed by atoms with Gasteiger partial charge < -0.3 is 15.2 Å². The van der Waals surface area contributed by atoms with Gasteiger partial charge in [0.05, 0.1) is 0 Å². The topological polar surface area (TPSA) is 98.1 Å². The van der Waals surface area contributed by atoms with Crippen molar-refractivity contribution in [1.29, 1.82) is 0 Å². The molecule has 1 saturated heterocycles. The molecule has 1 aromatic heterocycles. The maximum atomic E-state index is 12.3. The van der Waals surface area contributed by atoms with Crippen molar-refractivity contribution in [3.8, 4) is 0 Å². The molecule has 1 fully saturated rings. The summed E-state index contributed by atoms with van der Waals surface area (Å²) in [5.74, 6) is -0.344. The standard InChI is InChI=1S/C11H16N4O3/c1-2-15(7-3-4-12-5-7)10(17)8-6-13-11(18)14-9(8)16/h6-7,12H,2-5H2,1H3,(H2,13,14,16,18). The Bertz CT molecular complexity index is 542. The fourth-order valence-electron chi connectivity index (χ4n) is 2.20. The minimum Gasteiger partial charge on any atom is -0.334 e. The van der Waals surface area contributed by atoms with E-state index in [2.05, 4.69) is 15.3 Å². The van der Waals surface area contributed by atoms with Gasteiger partial charge in [0.15, 0.2) is 0 Å². The first-order valence-electron chi connectivity index (χ1n) is 5.97. The summed E-state index contributed by atoms with van der Waals surface area (Å²) in [6, 6.07) is 0.105. The summed E-state index contributed by atoms with van der Waals surface area (Å²) in [5.41, 5.74) is -1.28. The van der Waals surface area contributed by atoms with Gasteiger partial charge in [0.25, 0.3) is 11.5 Å². The Morgan fingerprint density at radius 1 is 1.50 bits per heavy atom. The maximum Gasteiger partial charge on any atom is 0.325 e. The van der Waals surface area contributed by atoms with Crippen molar-refractivity contribution < 1.29 is 4.79 Å². The normalized spacial score (nSPS) is 18.8. The summed E-state index contributed by atoms with van der Waals surface area (Å²) in [6.07, 6.45) is 2.05. The number of H-pyrrole nitrogens is 2. The smallest absolute Gasteiger partial charge is 0.325 e. The van der Waals surface area contributed by atoms with Gasteiger partial charge in [0, 0.05) is 25.3 Å². The molecule has 98 valence electrons. The number of carbonyl (C=O) groups excluding carboxylic acids is 1. The van der Waals surface area contributed by atoms with E-state index in [9.17, 15) is 14.4 Å². The molecule has 18 heavy (non-hydrogen) atoms. The second-order valence-corrected chi connectivity index (χ2v) is 4.22. The quantitative estimate of drug-likeness (QED) is 0.635. The van der Waals surface area contributed by atoms with Crippen molar-refractivity contribution in [2.24, 2.45) is 0 Å². The number of aromatic amines is 2. The Kier molecular flexibility index (Phi) is 3.61. The summed E-state index contributed by atoms with van der Waals surface area (Å²) >= 11 is 0. The van der Waals surface area contributed by atoms with Gasteiger partial charge in [0.1, 0.15) is 5.56 Å². The van der Waals surface area contributed by atoms with Crippen LogP contribution in [-0.4, -0.2) is 46.5 Å². The molecule has 7 heteroatoms. The van der Waals surface area contributed by atoms with Gasteiger partial charge in [-0.1, -0.05) is 0 Å². The zero-order valence-electron chi connectivity index (χ0n) is 10.2. The van der Waals surface area contributed by atoms with Crippen molar-refractivity contribution in [2.75, 3.05) is 19.6 Å². The van der Waals surface area contributed by atoms with E-state index in [1.165, 1.54) is 6.20 Å². The zero-order chi connectivity index (χ0) is 13.1. The first kappa shape index (κ1) is 12.6.